The second-order valence-electron chi connectivity index (χ2n) is 8.99. The van der Waals surface area contributed by atoms with Gasteiger partial charge in [0, 0.05) is 43.7 Å². The van der Waals surface area contributed by atoms with Crippen molar-refractivity contribution >= 4 is 11.8 Å². The van der Waals surface area contributed by atoms with Gasteiger partial charge in [-0.25, -0.2) is 14.4 Å². The molecule has 0 saturated heterocycles. The molecule has 0 unspecified atom stereocenters. The van der Waals surface area contributed by atoms with Gasteiger partial charge in [0.2, 0.25) is 5.88 Å². The molecule has 1 N–H and O–H groups in total. The SMILES string of the molecule is C[C@H]1CN([C@@H](C)CO)C(=O)c2cc(-c3cccc(F)c3)cnc2O[C@H]1CN(C)C(=O)c1cnccn1. The van der Waals surface area contributed by atoms with E-state index in [1.54, 1.807) is 37.1 Å². The Hall–Kier alpha value is -3.92. The number of ether oxygens (including phenoxy) is 1. The van der Waals surface area contributed by atoms with Crippen LogP contribution in [0.25, 0.3) is 11.1 Å². The molecule has 3 heterocycles. The minimum absolute atomic E-state index is 0.118. The Balaban J connectivity index is 1.69. The van der Waals surface area contributed by atoms with E-state index in [1.165, 1.54) is 41.8 Å². The van der Waals surface area contributed by atoms with Crippen molar-refractivity contribution in [2.75, 3.05) is 26.7 Å². The van der Waals surface area contributed by atoms with Gasteiger partial charge in [-0.15, -0.1) is 0 Å². The van der Waals surface area contributed by atoms with E-state index in [1.807, 2.05) is 6.92 Å². The lowest BCUT2D eigenvalue weighted by Crippen LogP contribution is -2.50. The monoisotopic (exact) mass is 493 g/mol. The number of aliphatic hydroxyl groups is 1. The lowest BCUT2D eigenvalue weighted by atomic mass is 9.99. The Kier molecular flexibility index (Phi) is 7.54. The summed E-state index contributed by atoms with van der Waals surface area (Å²) in [6, 6.07) is 7.19. The van der Waals surface area contributed by atoms with Crippen molar-refractivity contribution in [3.8, 4) is 17.0 Å². The number of hydrogen-bond acceptors (Lipinski definition) is 7. The number of nitrogens with zero attached hydrogens (tertiary/aromatic N) is 5. The molecule has 36 heavy (non-hydrogen) atoms. The lowest BCUT2D eigenvalue weighted by molar-refractivity contribution is 0.0312. The summed E-state index contributed by atoms with van der Waals surface area (Å²) in [6.07, 6.45) is 5.36. The maximum atomic E-state index is 13.8. The zero-order valence-electron chi connectivity index (χ0n) is 20.3. The molecule has 9 nitrogen and oxygen atoms in total. The first-order valence-corrected chi connectivity index (χ1v) is 11.6. The van der Waals surface area contributed by atoms with Crippen molar-refractivity contribution in [2.45, 2.75) is 26.0 Å². The Morgan fingerprint density at radius 1 is 1.25 bits per heavy atom. The van der Waals surface area contributed by atoms with Gasteiger partial charge in [0.25, 0.3) is 11.8 Å². The first kappa shape index (κ1) is 25.2. The average molecular weight is 494 g/mol. The molecule has 0 spiro atoms. The summed E-state index contributed by atoms with van der Waals surface area (Å²) < 4.78 is 20.0. The summed E-state index contributed by atoms with van der Waals surface area (Å²) in [5.74, 6) is -1.13. The van der Waals surface area contributed by atoms with Crippen LogP contribution in [0.1, 0.15) is 34.7 Å². The lowest BCUT2D eigenvalue weighted by Gasteiger charge is -2.37. The molecule has 0 aliphatic carbocycles. The standard InChI is InChI=1S/C26H28FN5O4/c1-16-13-32(17(2)15-33)25(34)21-10-19(18-5-4-6-20(27)9-18)11-30-24(21)36-23(16)14-31(3)26(35)22-12-28-7-8-29-22/h4-12,16-17,23,33H,13-15H2,1-3H3/t16-,17-,23-/m0/s1. The van der Waals surface area contributed by atoms with Crippen LogP contribution in [0.5, 0.6) is 5.88 Å². The van der Waals surface area contributed by atoms with E-state index < -0.39 is 18.0 Å². The molecule has 0 fully saturated rings. The maximum absolute atomic E-state index is 13.8. The number of amides is 2. The maximum Gasteiger partial charge on any atom is 0.273 e. The summed E-state index contributed by atoms with van der Waals surface area (Å²) in [4.78, 5) is 41.9. The molecule has 188 valence electrons. The highest BCUT2D eigenvalue weighted by Gasteiger charge is 2.35. The van der Waals surface area contributed by atoms with Crippen LogP contribution < -0.4 is 4.74 Å². The molecule has 3 aromatic rings. The quantitative estimate of drug-likeness (QED) is 0.562. The van der Waals surface area contributed by atoms with Crippen molar-refractivity contribution in [1.29, 1.82) is 0 Å². The number of halogens is 1. The highest BCUT2D eigenvalue weighted by Crippen LogP contribution is 2.30. The highest BCUT2D eigenvalue weighted by molar-refractivity contribution is 5.98. The summed E-state index contributed by atoms with van der Waals surface area (Å²) >= 11 is 0. The van der Waals surface area contributed by atoms with Gasteiger partial charge < -0.3 is 19.6 Å². The van der Waals surface area contributed by atoms with E-state index in [4.69, 9.17) is 4.74 Å². The van der Waals surface area contributed by atoms with E-state index in [9.17, 15) is 19.1 Å². The average Bonchev–Trinajstić information content (AvgIpc) is 2.90. The van der Waals surface area contributed by atoms with Crippen LogP contribution >= 0.6 is 0 Å². The third kappa shape index (κ3) is 5.33. The van der Waals surface area contributed by atoms with Crippen molar-refractivity contribution in [3.63, 3.8) is 0 Å². The number of benzene rings is 1. The molecule has 3 atom stereocenters. The van der Waals surface area contributed by atoms with E-state index in [-0.39, 0.29) is 48.0 Å². The predicted octanol–water partition coefficient (Wildman–Crippen LogP) is 2.67. The van der Waals surface area contributed by atoms with Gasteiger partial charge in [0.05, 0.1) is 25.4 Å². The first-order chi connectivity index (χ1) is 17.3. The number of likely N-dealkylation sites (N-methyl/N-ethyl adjacent to an activating group) is 1. The van der Waals surface area contributed by atoms with Gasteiger partial charge >= 0.3 is 0 Å². The topological polar surface area (TPSA) is 109 Å². The summed E-state index contributed by atoms with van der Waals surface area (Å²) in [5.41, 5.74) is 1.54. The van der Waals surface area contributed by atoms with E-state index >= 15 is 0 Å². The number of hydrogen-bond donors (Lipinski definition) is 1. The number of rotatable bonds is 6. The first-order valence-electron chi connectivity index (χ1n) is 11.6. The molecule has 0 saturated carbocycles. The van der Waals surface area contributed by atoms with Crippen molar-refractivity contribution < 1.29 is 23.8 Å². The largest absolute Gasteiger partial charge is 0.472 e. The van der Waals surface area contributed by atoms with Gasteiger partial charge in [-0.3, -0.25) is 14.6 Å². The zero-order valence-corrected chi connectivity index (χ0v) is 20.3. The van der Waals surface area contributed by atoms with Crippen molar-refractivity contribution in [1.82, 2.24) is 24.8 Å². The predicted molar refractivity (Wildman–Crippen MR) is 130 cm³/mol. The second kappa shape index (κ2) is 10.8. The molecular formula is C26H28FN5O4. The summed E-state index contributed by atoms with van der Waals surface area (Å²) in [5, 5.41) is 9.83. The third-order valence-electron chi connectivity index (χ3n) is 6.26. The Labute approximate surface area is 208 Å². The number of aliphatic hydroxyl groups excluding tert-OH is 1. The minimum Gasteiger partial charge on any atom is -0.472 e. The fourth-order valence-corrected chi connectivity index (χ4v) is 4.10. The number of carbonyl (C=O) groups excluding carboxylic acids is 2. The molecule has 4 rings (SSSR count). The molecule has 2 aromatic heterocycles. The molecular weight excluding hydrogens is 465 g/mol. The molecule has 1 aliphatic rings. The zero-order chi connectivity index (χ0) is 25.8. The number of fused-ring (bicyclic) bond motifs is 1. The summed E-state index contributed by atoms with van der Waals surface area (Å²) in [7, 11) is 1.65. The minimum atomic E-state index is -0.511. The Bertz CT molecular complexity index is 1240. The molecule has 1 aromatic carbocycles. The van der Waals surface area contributed by atoms with Gasteiger partial charge in [0.15, 0.2) is 0 Å². The van der Waals surface area contributed by atoms with E-state index in [0.29, 0.717) is 17.7 Å². The van der Waals surface area contributed by atoms with Crippen LogP contribution in [-0.2, 0) is 0 Å². The normalized spacial score (nSPS) is 18.5. The Morgan fingerprint density at radius 2 is 2.06 bits per heavy atom. The van der Waals surface area contributed by atoms with Crippen LogP contribution in [0, 0.1) is 11.7 Å². The van der Waals surface area contributed by atoms with Crippen LogP contribution in [0.3, 0.4) is 0 Å². The van der Waals surface area contributed by atoms with Gasteiger partial charge in [-0.05, 0) is 30.7 Å². The molecule has 1 aliphatic heterocycles. The number of carbonyl (C=O) groups is 2. The second-order valence-corrected chi connectivity index (χ2v) is 8.99. The third-order valence-corrected chi connectivity index (χ3v) is 6.26. The van der Waals surface area contributed by atoms with Gasteiger partial charge in [-0.1, -0.05) is 19.1 Å². The van der Waals surface area contributed by atoms with Gasteiger partial charge in [-0.2, -0.15) is 0 Å². The van der Waals surface area contributed by atoms with Crippen LogP contribution in [-0.4, -0.2) is 80.6 Å². The smallest absolute Gasteiger partial charge is 0.273 e. The van der Waals surface area contributed by atoms with Crippen LogP contribution in [0.4, 0.5) is 4.39 Å². The van der Waals surface area contributed by atoms with E-state index in [0.717, 1.165) is 0 Å². The van der Waals surface area contributed by atoms with Crippen LogP contribution in [0.2, 0.25) is 0 Å². The molecule has 0 radical (unpaired) electrons. The number of pyridine rings is 1. The number of aromatic nitrogens is 3. The fraction of sp³-hybridized carbons (Fsp3) is 0.346. The highest BCUT2D eigenvalue weighted by atomic mass is 19.1. The summed E-state index contributed by atoms with van der Waals surface area (Å²) in [6.45, 7) is 3.96. The molecule has 2 amide bonds. The molecule has 10 heteroatoms. The molecule has 0 bridgehead atoms. The van der Waals surface area contributed by atoms with Crippen molar-refractivity contribution in [3.05, 3.63) is 72.2 Å². The van der Waals surface area contributed by atoms with Crippen LogP contribution in [0.15, 0.2) is 55.1 Å². The van der Waals surface area contributed by atoms with Crippen molar-refractivity contribution in [2.24, 2.45) is 5.92 Å². The Morgan fingerprint density at radius 3 is 2.75 bits per heavy atom. The van der Waals surface area contributed by atoms with Gasteiger partial charge in [0.1, 0.15) is 23.2 Å². The van der Waals surface area contributed by atoms with E-state index in [2.05, 4.69) is 15.0 Å². The fourth-order valence-electron chi connectivity index (χ4n) is 4.10.